The summed E-state index contributed by atoms with van der Waals surface area (Å²) in [6.07, 6.45) is 2.30. The largest absolute Gasteiger partial charge is 0.452 e. The first kappa shape index (κ1) is 27.6. The van der Waals surface area contributed by atoms with Crippen LogP contribution in [0.4, 0.5) is 9.52 Å². The summed E-state index contributed by atoms with van der Waals surface area (Å²) in [5, 5.41) is 4.73. The number of amides is 1. The normalized spacial score (nSPS) is 14.0. The van der Waals surface area contributed by atoms with Crippen molar-refractivity contribution in [3.05, 3.63) is 89.6 Å². The van der Waals surface area contributed by atoms with Crippen molar-refractivity contribution in [2.75, 3.05) is 25.0 Å². The number of hydrogen-bond donors (Lipinski definition) is 1. The Labute approximate surface area is 235 Å². The molecule has 0 aliphatic carbocycles. The van der Waals surface area contributed by atoms with Crippen molar-refractivity contribution in [3.63, 3.8) is 0 Å². The molecule has 1 N–H and O–H groups in total. The van der Waals surface area contributed by atoms with E-state index in [1.807, 2.05) is 60.0 Å². The predicted molar refractivity (Wildman–Crippen MR) is 151 cm³/mol. The molecule has 11 heteroatoms. The molecule has 1 aliphatic rings. The van der Waals surface area contributed by atoms with Gasteiger partial charge in [0.1, 0.15) is 10.7 Å². The van der Waals surface area contributed by atoms with Crippen LogP contribution in [0.5, 0.6) is 0 Å². The van der Waals surface area contributed by atoms with Crippen LogP contribution in [-0.4, -0.2) is 49.3 Å². The number of aromatic nitrogens is 1. The molecular formula is C29H26FN3O5S2. The number of sulfonamides is 1. The molecular weight excluding hydrogens is 553 g/mol. The van der Waals surface area contributed by atoms with Crippen molar-refractivity contribution in [2.45, 2.75) is 24.2 Å². The van der Waals surface area contributed by atoms with Crippen LogP contribution in [0.15, 0.2) is 83.1 Å². The van der Waals surface area contributed by atoms with Gasteiger partial charge >= 0.3 is 5.97 Å². The molecule has 0 bridgehead atoms. The second-order valence-corrected chi connectivity index (χ2v) is 12.0. The third-order valence-electron chi connectivity index (χ3n) is 6.47. The van der Waals surface area contributed by atoms with Gasteiger partial charge in [0.2, 0.25) is 10.0 Å². The van der Waals surface area contributed by atoms with Crippen molar-refractivity contribution in [1.29, 1.82) is 0 Å². The predicted octanol–water partition coefficient (Wildman–Crippen LogP) is 5.59. The molecule has 0 saturated carbocycles. The molecule has 1 aromatic heterocycles. The van der Waals surface area contributed by atoms with E-state index < -0.39 is 39.2 Å². The van der Waals surface area contributed by atoms with Gasteiger partial charge in [0.25, 0.3) is 5.91 Å². The fourth-order valence-electron chi connectivity index (χ4n) is 4.37. The zero-order valence-electron chi connectivity index (χ0n) is 21.4. The van der Waals surface area contributed by atoms with Gasteiger partial charge in [0, 0.05) is 24.0 Å². The Morgan fingerprint density at radius 2 is 1.60 bits per heavy atom. The second-order valence-electron chi connectivity index (χ2n) is 9.22. The average molecular weight is 580 g/mol. The van der Waals surface area contributed by atoms with Gasteiger partial charge in [-0.05, 0) is 42.2 Å². The van der Waals surface area contributed by atoms with E-state index in [2.05, 4.69) is 10.3 Å². The number of nitrogens with one attached hydrogen (secondary N) is 1. The number of esters is 1. The summed E-state index contributed by atoms with van der Waals surface area (Å²) in [7, 11) is -4.09. The van der Waals surface area contributed by atoms with Crippen LogP contribution >= 0.6 is 11.3 Å². The summed E-state index contributed by atoms with van der Waals surface area (Å²) in [6.45, 7) is -0.0206. The van der Waals surface area contributed by atoms with Crippen LogP contribution in [0.1, 0.15) is 29.6 Å². The Morgan fingerprint density at radius 1 is 0.925 bits per heavy atom. The first-order valence-corrected chi connectivity index (χ1v) is 15.0. The highest BCUT2D eigenvalue weighted by Crippen LogP contribution is 2.28. The van der Waals surface area contributed by atoms with E-state index >= 15 is 0 Å². The maximum Gasteiger partial charge on any atom is 0.338 e. The zero-order valence-corrected chi connectivity index (χ0v) is 23.0. The van der Waals surface area contributed by atoms with Gasteiger partial charge < -0.3 is 4.74 Å². The van der Waals surface area contributed by atoms with Gasteiger partial charge in [-0.2, -0.15) is 4.31 Å². The first-order valence-electron chi connectivity index (χ1n) is 12.7. The molecule has 2 heterocycles. The lowest BCUT2D eigenvalue weighted by Crippen LogP contribution is -2.36. The molecule has 0 unspecified atom stereocenters. The quantitative estimate of drug-likeness (QED) is 0.273. The third-order valence-corrected chi connectivity index (χ3v) is 9.14. The highest BCUT2D eigenvalue weighted by molar-refractivity contribution is 7.89. The molecule has 1 aliphatic heterocycles. The number of carbonyl (C=O) groups excluding carboxylic acids is 2. The summed E-state index contributed by atoms with van der Waals surface area (Å²) in [6, 6.07) is 20.9. The number of piperidine rings is 1. The van der Waals surface area contributed by atoms with Crippen molar-refractivity contribution in [2.24, 2.45) is 0 Å². The number of anilines is 1. The molecule has 0 atom stereocenters. The molecule has 5 rings (SSSR count). The van der Waals surface area contributed by atoms with Crippen molar-refractivity contribution < 1.29 is 27.1 Å². The number of halogens is 1. The molecule has 8 nitrogen and oxygen atoms in total. The number of ether oxygens (including phenoxy) is 1. The lowest BCUT2D eigenvalue weighted by Gasteiger charge is -2.26. The number of benzene rings is 3. The fourth-order valence-corrected chi connectivity index (χ4v) is 6.71. The average Bonchev–Trinajstić information content (AvgIpc) is 3.45. The standard InChI is InChI=1S/C29H26FN3O5S2/c30-24-14-13-23(17-26(24)40(36,37)33-15-5-2-6-16-33)28(35)38-18-27(34)32-29-31-25(19-39-29)22-11-9-21(10-12-22)20-7-3-1-4-8-20/h1,3-4,7-14,17,19H,2,5-6,15-16,18H2,(H,31,32,34). The number of thiazole rings is 1. The van der Waals surface area contributed by atoms with Crippen LogP contribution in [0.2, 0.25) is 0 Å². The highest BCUT2D eigenvalue weighted by Gasteiger charge is 2.29. The topological polar surface area (TPSA) is 106 Å². The van der Waals surface area contributed by atoms with Gasteiger partial charge in [-0.15, -0.1) is 11.3 Å². The molecule has 206 valence electrons. The lowest BCUT2D eigenvalue weighted by atomic mass is 10.0. The zero-order chi connectivity index (χ0) is 28.1. The SMILES string of the molecule is O=C(COC(=O)c1ccc(F)c(S(=O)(=O)N2CCCCC2)c1)Nc1nc(-c2ccc(-c3ccccc3)cc2)cs1. The van der Waals surface area contributed by atoms with Crippen molar-refractivity contribution >= 4 is 38.4 Å². The number of nitrogens with zero attached hydrogens (tertiary/aromatic N) is 2. The van der Waals surface area contributed by atoms with Gasteiger partial charge in [0.05, 0.1) is 11.3 Å². The van der Waals surface area contributed by atoms with E-state index in [-0.39, 0.29) is 5.56 Å². The molecule has 3 aromatic carbocycles. The second kappa shape index (κ2) is 12.1. The Bertz CT molecular complexity index is 1620. The monoisotopic (exact) mass is 579 g/mol. The van der Waals surface area contributed by atoms with Crippen LogP contribution in [-0.2, 0) is 19.6 Å². The van der Waals surface area contributed by atoms with E-state index in [9.17, 15) is 22.4 Å². The van der Waals surface area contributed by atoms with E-state index in [0.717, 1.165) is 41.3 Å². The van der Waals surface area contributed by atoms with Crippen LogP contribution in [0, 0.1) is 5.82 Å². The molecule has 4 aromatic rings. The van der Waals surface area contributed by atoms with Crippen molar-refractivity contribution in [1.82, 2.24) is 9.29 Å². The minimum atomic E-state index is -4.09. The fraction of sp³-hybridized carbons (Fsp3) is 0.207. The maximum absolute atomic E-state index is 14.4. The van der Waals surface area contributed by atoms with Crippen LogP contribution in [0.3, 0.4) is 0 Å². The van der Waals surface area contributed by atoms with Crippen LogP contribution in [0.25, 0.3) is 22.4 Å². The van der Waals surface area contributed by atoms with E-state index in [4.69, 9.17) is 4.74 Å². The van der Waals surface area contributed by atoms with E-state index in [1.54, 1.807) is 0 Å². The third kappa shape index (κ3) is 6.27. The minimum absolute atomic E-state index is 0.166. The van der Waals surface area contributed by atoms with Gasteiger partial charge in [-0.1, -0.05) is 61.0 Å². The Balaban J connectivity index is 1.18. The Kier molecular flexibility index (Phi) is 8.34. The number of rotatable bonds is 8. The number of hydrogen-bond acceptors (Lipinski definition) is 7. The van der Waals surface area contributed by atoms with Gasteiger partial charge in [0.15, 0.2) is 11.7 Å². The molecule has 1 fully saturated rings. The Morgan fingerprint density at radius 3 is 2.33 bits per heavy atom. The summed E-state index contributed by atoms with van der Waals surface area (Å²) in [5.74, 6) is -2.50. The maximum atomic E-state index is 14.4. The number of carbonyl (C=O) groups is 2. The molecule has 1 amide bonds. The summed E-state index contributed by atoms with van der Waals surface area (Å²) in [4.78, 5) is 28.8. The van der Waals surface area contributed by atoms with E-state index in [0.29, 0.717) is 36.8 Å². The van der Waals surface area contributed by atoms with Gasteiger partial charge in [-0.25, -0.2) is 22.6 Å². The minimum Gasteiger partial charge on any atom is -0.452 e. The Hall–Kier alpha value is -3.93. The highest BCUT2D eigenvalue weighted by atomic mass is 32.2. The van der Waals surface area contributed by atoms with Crippen molar-refractivity contribution in [3.8, 4) is 22.4 Å². The van der Waals surface area contributed by atoms with Gasteiger partial charge in [-0.3, -0.25) is 10.1 Å². The first-order chi connectivity index (χ1) is 19.3. The molecule has 0 spiro atoms. The smallest absolute Gasteiger partial charge is 0.338 e. The lowest BCUT2D eigenvalue weighted by molar-refractivity contribution is -0.119. The molecule has 0 radical (unpaired) electrons. The molecule has 40 heavy (non-hydrogen) atoms. The van der Waals surface area contributed by atoms with Crippen LogP contribution < -0.4 is 5.32 Å². The summed E-state index contributed by atoms with van der Waals surface area (Å²) in [5.41, 5.74) is 3.59. The molecule has 1 saturated heterocycles. The van der Waals surface area contributed by atoms with E-state index in [1.165, 1.54) is 15.6 Å². The summed E-state index contributed by atoms with van der Waals surface area (Å²) < 4.78 is 46.5. The summed E-state index contributed by atoms with van der Waals surface area (Å²) >= 11 is 1.23.